The molecule has 0 spiro atoms. The molecule has 1 heteroatoms. The Morgan fingerprint density at radius 3 is 1.75 bits per heavy atom. The average Bonchev–Trinajstić information content (AvgIpc) is 0.918. The Balaban J connectivity index is 0. The van der Waals surface area contributed by atoms with E-state index in [9.17, 15) is 0 Å². The van der Waals surface area contributed by atoms with Gasteiger partial charge in [0.05, 0.1) is 0 Å². The fourth-order valence-electron chi connectivity index (χ4n) is 0. The fraction of sp³-hybridized carbons (Fsp3) is 0. The van der Waals surface area contributed by atoms with Gasteiger partial charge in [0, 0.05) is 20.1 Å². The first kappa shape index (κ1) is 8.90. The summed E-state index contributed by atoms with van der Waals surface area (Å²) < 4.78 is 0. The van der Waals surface area contributed by atoms with E-state index in [0.29, 0.717) is 0 Å². The average molecular weight is 231 g/mol. The Morgan fingerprint density at radius 1 is 1.75 bits per heavy atom. The first-order chi connectivity index (χ1) is 1.41. The molecule has 0 saturated carbocycles. The molecule has 0 aliphatic heterocycles. The molecular weight excluding hydrogens is 228 g/mol. The molecule has 0 rings (SSSR count). The summed E-state index contributed by atoms with van der Waals surface area (Å²) in [6.07, 6.45) is 0. The van der Waals surface area contributed by atoms with Gasteiger partial charge in [-0.1, -0.05) is 0 Å². The van der Waals surface area contributed by atoms with E-state index in [1.807, 2.05) is 5.73 Å². The van der Waals surface area contributed by atoms with Gasteiger partial charge >= 0.3 is 0 Å². The van der Waals surface area contributed by atoms with Crippen LogP contribution in [0.15, 0.2) is 12.3 Å². The van der Waals surface area contributed by atoms with Gasteiger partial charge in [0.1, 0.15) is 0 Å². The van der Waals surface area contributed by atoms with E-state index < -0.39 is 0 Å². The molecule has 0 heterocycles. The molecule has 0 fully saturated rings. The van der Waals surface area contributed by atoms with Crippen LogP contribution in [0.4, 0.5) is 0 Å². The monoisotopic (exact) mass is 232 g/mol. The number of hydrogen-bond donors (Lipinski definition) is 0. The van der Waals surface area contributed by atoms with Crippen molar-refractivity contribution in [1.29, 1.82) is 0 Å². The van der Waals surface area contributed by atoms with Crippen LogP contribution in [0.2, 0.25) is 0 Å². The molecule has 4 heavy (non-hydrogen) atoms. The largest absolute Gasteiger partial charge is 0.342 e. The van der Waals surface area contributed by atoms with Crippen molar-refractivity contribution in [2.24, 2.45) is 0 Å². The maximum Gasteiger partial charge on any atom is 0 e. The molecule has 0 amide bonds. The maximum absolute atomic E-state index is 4.49. The molecule has 0 aromatic rings. The van der Waals surface area contributed by atoms with E-state index in [2.05, 4.69) is 13.2 Å². The molecule has 0 N–H and O–H groups in total. The molecule has 1 radical (unpaired) electrons. The third-order valence-corrected chi connectivity index (χ3v) is 0. The zero-order chi connectivity index (χ0) is 2.71. The van der Waals surface area contributed by atoms with Gasteiger partial charge in [-0.2, -0.15) is 0 Å². The standard InChI is InChI=1S/C3H3.Ir/c1-3-2;/h1H,2H2;/q-1;. The molecule has 0 aromatic heterocycles. The molecule has 0 unspecified atom stereocenters. The summed E-state index contributed by atoms with van der Waals surface area (Å²) in [7, 11) is 0. The summed E-state index contributed by atoms with van der Waals surface area (Å²) >= 11 is 0. The van der Waals surface area contributed by atoms with E-state index in [1.165, 1.54) is 0 Å². The Kier molecular flexibility index (Phi) is 24.3. The zero-order valence-electron chi connectivity index (χ0n) is 2.12. The summed E-state index contributed by atoms with van der Waals surface area (Å²) in [6, 6.07) is 0. The van der Waals surface area contributed by atoms with Crippen LogP contribution in [0.25, 0.3) is 0 Å². The van der Waals surface area contributed by atoms with Crippen LogP contribution in [0, 0.1) is 6.58 Å². The molecule has 25 valence electrons. The Hall–Kier alpha value is 0.169. The van der Waals surface area contributed by atoms with Crippen LogP contribution in [0.3, 0.4) is 0 Å². The van der Waals surface area contributed by atoms with Crippen molar-refractivity contribution in [3.8, 4) is 0 Å². The van der Waals surface area contributed by atoms with Crippen LogP contribution in [0.5, 0.6) is 0 Å². The second-order valence-electron chi connectivity index (χ2n) is 0.204. The fourth-order valence-corrected chi connectivity index (χ4v) is 0. The van der Waals surface area contributed by atoms with Gasteiger partial charge in [0.15, 0.2) is 0 Å². The van der Waals surface area contributed by atoms with Gasteiger partial charge in [0.25, 0.3) is 0 Å². The summed E-state index contributed by atoms with van der Waals surface area (Å²) in [5, 5.41) is 0. The van der Waals surface area contributed by atoms with Crippen molar-refractivity contribution in [2.75, 3.05) is 0 Å². The Bertz CT molecular complexity index is 24.3. The summed E-state index contributed by atoms with van der Waals surface area (Å²) in [6.45, 7) is 7.50. The molecule has 0 atom stereocenters. The minimum atomic E-state index is 0. The van der Waals surface area contributed by atoms with Crippen LogP contribution in [-0.4, -0.2) is 0 Å². The van der Waals surface area contributed by atoms with Gasteiger partial charge in [-0.05, 0) is 0 Å². The van der Waals surface area contributed by atoms with Crippen LogP contribution >= 0.6 is 0 Å². The van der Waals surface area contributed by atoms with Crippen molar-refractivity contribution < 1.29 is 20.1 Å². The predicted octanol–water partition coefficient (Wildman–Crippen LogP) is 0.758. The second-order valence-corrected chi connectivity index (χ2v) is 0.204. The summed E-state index contributed by atoms with van der Waals surface area (Å²) in [5.41, 5.74) is 2.00. The van der Waals surface area contributed by atoms with Crippen molar-refractivity contribution in [3.05, 3.63) is 18.9 Å². The van der Waals surface area contributed by atoms with E-state index in [1.54, 1.807) is 0 Å². The normalized spacial score (nSPS) is 2.00. The maximum atomic E-state index is 4.49. The van der Waals surface area contributed by atoms with Crippen molar-refractivity contribution >= 4 is 0 Å². The van der Waals surface area contributed by atoms with Crippen LogP contribution in [0.1, 0.15) is 0 Å². The van der Waals surface area contributed by atoms with E-state index in [-0.39, 0.29) is 20.1 Å². The Labute approximate surface area is 39.6 Å². The van der Waals surface area contributed by atoms with Gasteiger partial charge < -0.3 is 5.73 Å². The van der Waals surface area contributed by atoms with Gasteiger partial charge in [0.2, 0.25) is 0 Å². The quantitative estimate of drug-likeness (QED) is 0.426. The van der Waals surface area contributed by atoms with Gasteiger partial charge in [-0.3, -0.25) is 0 Å². The first-order valence-electron chi connectivity index (χ1n) is 0.642. The minimum absolute atomic E-state index is 0. The SMILES string of the molecule is [CH-]=C=C.[Ir]. The van der Waals surface area contributed by atoms with Crippen molar-refractivity contribution in [3.63, 3.8) is 0 Å². The Morgan fingerprint density at radius 2 is 1.75 bits per heavy atom. The van der Waals surface area contributed by atoms with Crippen LogP contribution in [-0.2, 0) is 20.1 Å². The van der Waals surface area contributed by atoms with Gasteiger partial charge in [-0.25, -0.2) is 13.2 Å². The molecule has 0 nitrogen and oxygen atoms in total. The molecule has 0 saturated heterocycles. The van der Waals surface area contributed by atoms with Crippen molar-refractivity contribution in [2.45, 2.75) is 0 Å². The molecule has 0 bridgehead atoms. The summed E-state index contributed by atoms with van der Waals surface area (Å²) in [4.78, 5) is 0. The van der Waals surface area contributed by atoms with E-state index in [4.69, 9.17) is 0 Å². The zero-order valence-corrected chi connectivity index (χ0v) is 4.51. The first-order valence-corrected chi connectivity index (χ1v) is 0.642. The third-order valence-electron chi connectivity index (χ3n) is 0. The predicted molar refractivity (Wildman–Crippen MR) is 13.4 cm³/mol. The molecule has 0 aromatic carbocycles. The second kappa shape index (κ2) is 10.9. The van der Waals surface area contributed by atoms with E-state index >= 15 is 0 Å². The van der Waals surface area contributed by atoms with E-state index in [0.717, 1.165) is 0 Å². The third kappa shape index (κ3) is 103. The molecule has 0 aliphatic carbocycles. The number of rotatable bonds is 0. The smallest absolute Gasteiger partial charge is 0 e. The van der Waals surface area contributed by atoms with Gasteiger partial charge in [-0.15, -0.1) is 0 Å². The van der Waals surface area contributed by atoms with Crippen molar-refractivity contribution in [1.82, 2.24) is 0 Å². The minimum Gasteiger partial charge on any atom is -0.342 e. The van der Waals surface area contributed by atoms with Crippen LogP contribution < -0.4 is 0 Å². The molecule has 0 aliphatic rings. The summed E-state index contributed by atoms with van der Waals surface area (Å²) in [5.74, 6) is 0. The topological polar surface area (TPSA) is 0 Å². The number of hydrogen-bond acceptors (Lipinski definition) is 0. The molecular formula is C3H3Ir-.